The number of aromatic nitrogens is 1. The van der Waals surface area contributed by atoms with E-state index >= 15 is 0 Å². The SMILES string of the molecule is O=C(O)C1CCN(c2ncc(C(=O)N3CCCCC3)cc2Cl)C1. The Morgan fingerprint density at radius 2 is 1.96 bits per heavy atom. The quantitative estimate of drug-likeness (QED) is 0.916. The number of anilines is 1. The molecule has 0 aromatic carbocycles. The Kier molecular flexibility index (Phi) is 4.71. The number of hydrogen-bond acceptors (Lipinski definition) is 4. The van der Waals surface area contributed by atoms with Crippen LogP contribution < -0.4 is 4.90 Å². The normalized spacial score (nSPS) is 21.5. The molecule has 0 bridgehead atoms. The molecule has 2 saturated heterocycles. The maximum absolute atomic E-state index is 12.5. The lowest BCUT2D eigenvalue weighted by Crippen LogP contribution is -2.35. The lowest BCUT2D eigenvalue weighted by molar-refractivity contribution is -0.140. The first-order valence-electron chi connectivity index (χ1n) is 7.99. The average Bonchev–Trinajstić information content (AvgIpc) is 3.05. The minimum absolute atomic E-state index is 0.0320. The first kappa shape index (κ1) is 16.1. The number of nitrogens with zero attached hydrogens (tertiary/aromatic N) is 3. The van der Waals surface area contributed by atoms with E-state index in [0.717, 1.165) is 25.9 Å². The molecule has 0 radical (unpaired) electrons. The largest absolute Gasteiger partial charge is 0.481 e. The van der Waals surface area contributed by atoms with Crippen molar-refractivity contribution in [3.63, 3.8) is 0 Å². The van der Waals surface area contributed by atoms with Gasteiger partial charge in [0.05, 0.1) is 16.5 Å². The Balaban J connectivity index is 1.73. The molecule has 124 valence electrons. The van der Waals surface area contributed by atoms with Gasteiger partial charge in [0.25, 0.3) is 5.91 Å². The van der Waals surface area contributed by atoms with E-state index in [1.54, 1.807) is 12.3 Å². The van der Waals surface area contributed by atoms with E-state index in [9.17, 15) is 9.59 Å². The monoisotopic (exact) mass is 337 g/mol. The van der Waals surface area contributed by atoms with Crippen molar-refractivity contribution in [3.8, 4) is 0 Å². The van der Waals surface area contributed by atoms with Crippen LogP contribution in [0.25, 0.3) is 0 Å². The Morgan fingerprint density at radius 1 is 1.22 bits per heavy atom. The highest BCUT2D eigenvalue weighted by Crippen LogP contribution is 2.29. The van der Waals surface area contributed by atoms with E-state index in [1.807, 2.05) is 9.80 Å². The van der Waals surface area contributed by atoms with Crippen molar-refractivity contribution < 1.29 is 14.7 Å². The van der Waals surface area contributed by atoms with E-state index in [2.05, 4.69) is 4.98 Å². The molecule has 1 N–H and O–H groups in total. The van der Waals surface area contributed by atoms with Crippen molar-refractivity contribution in [2.75, 3.05) is 31.1 Å². The summed E-state index contributed by atoms with van der Waals surface area (Å²) in [6, 6.07) is 1.65. The zero-order valence-electron chi connectivity index (χ0n) is 12.9. The second-order valence-corrected chi connectivity index (χ2v) is 6.56. The van der Waals surface area contributed by atoms with Gasteiger partial charge in [0.2, 0.25) is 0 Å². The fraction of sp³-hybridized carbons (Fsp3) is 0.562. The van der Waals surface area contributed by atoms with Crippen molar-refractivity contribution in [3.05, 3.63) is 22.8 Å². The molecule has 0 spiro atoms. The van der Waals surface area contributed by atoms with Gasteiger partial charge < -0.3 is 14.9 Å². The van der Waals surface area contributed by atoms with Gasteiger partial charge in [0, 0.05) is 32.4 Å². The molecule has 0 aliphatic carbocycles. The van der Waals surface area contributed by atoms with Gasteiger partial charge in [-0.2, -0.15) is 0 Å². The molecule has 2 aliphatic rings. The lowest BCUT2D eigenvalue weighted by Gasteiger charge is -2.27. The van der Waals surface area contributed by atoms with Crippen LogP contribution in [0.4, 0.5) is 5.82 Å². The second kappa shape index (κ2) is 6.74. The molecule has 23 heavy (non-hydrogen) atoms. The summed E-state index contributed by atoms with van der Waals surface area (Å²) >= 11 is 6.30. The summed E-state index contributed by atoms with van der Waals surface area (Å²) in [4.78, 5) is 31.5. The highest BCUT2D eigenvalue weighted by atomic mass is 35.5. The fourth-order valence-corrected chi connectivity index (χ4v) is 3.50. The van der Waals surface area contributed by atoms with Crippen LogP contribution in [0.3, 0.4) is 0 Å². The van der Waals surface area contributed by atoms with Gasteiger partial charge in [-0.15, -0.1) is 0 Å². The zero-order valence-corrected chi connectivity index (χ0v) is 13.6. The first-order valence-corrected chi connectivity index (χ1v) is 8.36. The Labute approximate surface area is 140 Å². The van der Waals surface area contributed by atoms with E-state index < -0.39 is 5.97 Å². The number of piperidine rings is 1. The number of rotatable bonds is 3. The van der Waals surface area contributed by atoms with Crippen molar-refractivity contribution in [1.82, 2.24) is 9.88 Å². The van der Waals surface area contributed by atoms with Gasteiger partial charge in [0.1, 0.15) is 5.82 Å². The number of hydrogen-bond donors (Lipinski definition) is 1. The first-order chi connectivity index (χ1) is 11.1. The highest BCUT2D eigenvalue weighted by Gasteiger charge is 2.30. The molecule has 6 nitrogen and oxygen atoms in total. The second-order valence-electron chi connectivity index (χ2n) is 6.15. The van der Waals surface area contributed by atoms with Crippen LogP contribution in [0, 0.1) is 5.92 Å². The number of carboxylic acids is 1. The standard InChI is InChI=1S/C16H20ClN3O3/c17-13-8-12(15(21)19-5-2-1-3-6-19)9-18-14(13)20-7-4-11(10-20)16(22)23/h8-9,11H,1-7,10H2,(H,22,23). The maximum Gasteiger partial charge on any atom is 0.308 e. The van der Waals surface area contributed by atoms with Crippen molar-refractivity contribution in [1.29, 1.82) is 0 Å². The smallest absolute Gasteiger partial charge is 0.308 e. The molecule has 1 atom stereocenters. The number of pyridine rings is 1. The molecule has 1 unspecified atom stereocenters. The van der Waals surface area contributed by atoms with E-state index in [-0.39, 0.29) is 11.8 Å². The topological polar surface area (TPSA) is 73.7 Å². The van der Waals surface area contributed by atoms with Crippen LogP contribution in [-0.2, 0) is 4.79 Å². The highest BCUT2D eigenvalue weighted by molar-refractivity contribution is 6.33. The van der Waals surface area contributed by atoms with Gasteiger partial charge in [-0.05, 0) is 31.7 Å². The Morgan fingerprint density at radius 3 is 2.57 bits per heavy atom. The molecular formula is C16H20ClN3O3. The van der Waals surface area contributed by atoms with Gasteiger partial charge in [-0.1, -0.05) is 11.6 Å². The van der Waals surface area contributed by atoms with Gasteiger partial charge in [-0.3, -0.25) is 9.59 Å². The molecule has 1 aromatic heterocycles. The van der Waals surface area contributed by atoms with Gasteiger partial charge in [-0.25, -0.2) is 4.98 Å². The van der Waals surface area contributed by atoms with E-state index in [0.29, 0.717) is 35.9 Å². The number of likely N-dealkylation sites (tertiary alicyclic amines) is 1. The molecule has 2 aliphatic heterocycles. The third kappa shape index (κ3) is 3.42. The van der Waals surface area contributed by atoms with Crippen molar-refractivity contribution in [2.45, 2.75) is 25.7 Å². The molecule has 7 heteroatoms. The predicted octanol–water partition coefficient (Wildman–Crippen LogP) is 2.27. The summed E-state index contributed by atoms with van der Waals surface area (Å²) in [5, 5.41) is 9.48. The Hall–Kier alpha value is -1.82. The van der Waals surface area contributed by atoms with Crippen LogP contribution >= 0.6 is 11.6 Å². The molecule has 1 aromatic rings. The maximum atomic E-state index is 12.5. The van der Waals surface area contributed by atoms with E-state index in [1.165, 1.54) is 6.42 Å². The number of carbonyl (C=O) groups excluding carboxylic acids is 1. The number of amides is 1. The Bertz CT molecular complexity index is 617. The summed E-state index contributed by atoms with van der Waals surface area (Å²) in [5.41, 5.74) is 0.495. The minimum Gasteiger partial charge on any atom is -0.481 e. The number of halogens is 1. The van der Waals surface area contributed by atoms with Gasteiger partial charge in [0.15, 0.2) is 0 Å². The molecular weight excluding hydrogens is 318 g/mol. The van der Waals surface area contributed by atoms with Gasteiger partial charge >= 0.3 is 5.97 Å². The van der Waals surface area contributed by atoms with Crippen LogP contribution in [0.2, 0.25) is 5.02 Å². The molecule has 3 heterocycles. The molecule has 3 rings (SSSR count). The minimum atomic E-state index is -0.791. The summed E-state index contributed by atoms with van der Waals surface area (Å²) in [6.45, 7) is 2.58. The van der Waals surface area contributed by atoms with Crippen LogP contribution in [0.1, 0.15) is 36.0 Å². The summed E-state index contributed by atoms with van der Waals surface area (Å²) in [6.07, 6.45) is 5.38. The van der Waals surface area contributed by atoms with Crippen molar-refractivity contribution >= 4 is 29.3 Å². The average molecular weight is 338 g/mol. The molecule has 1 amide bonds. The summed E-state index contributed by atoms with van der Waals surface area (Å²) < 4.78 is 0. The molecule has 0 saturated carbocycles. The summed E-state index contributed by atoms with van der Waals surface area (Å²) in [5.74, 6) is -0.649. The van der Waals surface area contributed by atoms with Crippen LogP contribution in [0.15, 0.2) is 12.3 Å². The number of carbonyl (C=O) groups is 2. The lowest BCUT2D eigenvalue weighted by atomic mass is 10.1. The number of aliphatic carboxylic acids is 1. The number of carboxylic acid groups (broad SMARTS) is 1. The third-order valence-corrected chi connectivity index (χ3v) is 4.83. The van der Waals surface area contributed by atoms with Crippen LogP contribution in [0.5, 0.6) is 0 Å². The van der Waals surface area contributed by atoms with E-state index in [4.69, 9.17) is 16.7 Å². The third-order valence-electron chi connectivity index (χ3n) is 4.55. The van der Waals surface area contributed by atoms with Crippen molar-refractivity contribution in [2.24, 2.45) is 5.92 Å². The summed E-state index contributed by atoms with van der Waals surface area (Å²) in [7, 11) is 0. The zero-order chi connectivity index (χ0) is 16.4. The fourth-order valence-electron chi connectivity index (χ4n) is 3.21. The molecule has 2 fully saturated rings. The van der Waals surface area contributed by atoms with Crippen LogP contribution in [-0.4, -0.2) is 53.0 Å². The predicted molar refractivity (Wildman–Crippen MR) is 87.0 cm³/mol.